The molecule has 0 aliphatic rings. The van der Waals surface area contributed by atoms with Crippen molar-refractivity contribution in [3.05, 3.63) is 164 Å². The standard InChI is InChI=1S/C38H27N/c1-5-13-28(14-6-1)32-21-22-38-36(26-32)37(31-19-11-4-12-20-31)27-39(38)35-24-33(29-15-7-2-8-16-29)23-34(25-35)30-17-9-3-10-18-30/h1-27H. The zero-order valence-electron chi connectivity index (χ0n) is 21.5. The topological polar surface area (TPSA) is 4.93 Å². The minimum atomic E-state index is 1.15. The van der Waals surface area contributed by atoms with Gasteiger partial charge in [-0.05, 0) is 69.3 Å². The average molecular weight is 498 g/mol. The molecule has 1 aromatic heterocycles. The molecule has 0 aliphatic heterocycles. The van der Waals surface area contributed by atoms with Crippen LogP contribution in [0.4, 0.5) is 0 Å². The van der Waals surface area contributed by atoms with Crippen molar-refractivity contribution >= 4 is 10.9 Å². The second-order valence-electron chi connectivity index (χ2n) is 9.88. The maximum Gasteiger partial charge on any atom is 0.0535 e. The van der Waals surface area contributed by atoms with E-state index < -0.39 is 0 Å². The van der Waals surface area contributed by atoms with Crippen molar-refractivity contribution in [2.45, 2.75) is 0 Å². The van der Waals surface area contributed by atoms with Gasteiger partial charge in [0.05, 0.1) is 5.52 Å². The lowest BCUT2D eigenvalue weighted by atomic mass is 9.98. The van der Waals surface area contributed by atoms with Crippen LogP contribution in [-0.2, 0) is 0 Å². The number of benzene rings is 6. The minimum absolute atomic E-state index is 1.15. The zero-order valence-corrected chi connectivity index (χ0v) is 21.5. The van der Waals surface area contributed by atoms with Gasteiger partial charge in [0.2, 0.25) is 0 Å². The van der Waals surface area contributed by atoms with Crippen LogP contribution < -0.4 is 0 Å². The Morgan fingerprint density at radius 2 is 0.795 bits per heavy atom. The van der Waals surface area contributed by atoms with Gasteiger partial charge < -0.3 is 4.57 Å². The molecule has 7 rings (SSSR count). The van der Waals surface area contributed by atoms with Crippen molar-refractivity contribution in [3.63, 3.8) is 0 Å². The van der Waals surface area contributed by atoms with Gasteiger partial charge >= 0.3 is 0 Å². The van der Waals surface area contributed by atoms with Crippen molar-refractivity contribution in [2.75, 3.05) is 0 Å². The Hall–Kier alpha value is -5.14. The molecule has 0 spiro atoms. The summed E-state index contributed by atoms with van der Waals surface area (Å²) < 4.78 is 2.35. The Balaban J connectivity index is 1.48. The smallest absolute Gasteiger partial charge is 0.0535 e. The van der Waals surface area contributed by atoms with E-state index in [4.69, 9.17) is 0 Å². The highest BCUT2D eigenvalue weighted by Gasteiger charge is 2.15. The lowest BCUT2D eigenvalue weighted by molar-refractivity contribution is 1.13. The monoisotopic (exact) mass is 497 g/mol. The summed E-state index contributed by atoms with van der Waals surface area (Å²) in [6, 6.07) is 56.4. The summed E-state index contributed by atoms with van der Waals surface area (Å²) in [6.07, 6.45) is 2.30. The summed E-state index contributed by atoms with van der Waals surface area (Å²) in [5.74, 6) is 0. The molecule has 0 N–H and O–H groups in total. The first-order valence-corrected chi connectivity index (χ1v) is 13.4. The summed E-state index contributed by atoms with van der Waals surface area (Å²) in [7, 11) is 0. The van der Waals surface area contributed by atoms with Crippen molar-refractivity contribution in [3.8, 4) is 50.2 Å². The van der Waals surface area contributed by atoms with E-state index in [9.17, 15) is 0 Å². The molecule has 0 saturated heterocycles. The molecule has 1 heteroatoms. The van der Waals surface area contributed by atoms with E-state index in [1.165, 1.54) is 55.4 Å². The largest absolute Gasteiger partial charge is 0.316 e. The van der Waals surface area contributed by atoms with Crippen LogP contribution in [0.15, 0.2) is 164 Å². The van der Waals surface area contributed by atoms with Crippen LogP contribution in [0.1, 0.15) is 0 Å². The van der Waals surface area contributed by atoms with Gasteiger partial charge in [-0.15, -0.1) is 0 Å². The minimum Gasteiger partial charge on any atom is -0.316 e. The summed E-state index contributed by atoms with van der Waals surface area (Å²) in [5, 5.41) is 1.24. The van der Waals surface area contributed by atoms with Crippen LogP contribution in [0.25, 0.3) is 61.1 Å². The highest BCUT2D eigenvalue weighted by Crippen LogP contribution is 2.37. The van der Waals surface area contributed by atoms with Crippen LogP contribution in [0.3, 0.4) is 0 Å². The Labute approximate surface area is 229 Å². The molecule has 0 aliphatic carbocycles. The van der Waals surface area contributed by atoms with E-state index in [0.717, 1.165) is 5.69 Å². The van der Waals surface area contributed by atoms with Gasteiger partial charge in [-0.2, -0.15) is 0 Å². The van der Waals surface area contributed by atoms with E-state index in [1.807, 2.05) is 0 Å². The molecule has 0 atom stereocenters. The summed E-state index contributed by atoms with van der Waals surface area (Å²) in [5.41, 5.74) is 12.1. The fourth-order valence-corrected chi connectivity index (χ4v) is 5.45. The van der Waals surface area contributed by atoms with Crippen molar-refractivity contribution in [2.24, 2.45) is 0 Å². The molecule has 184 valence electrons. The first-order chi connectivity index (χ1) is 19.3. The Morgan fingerprint density at radius 1 is 0.333 bits per heavy atom. The van der Waals surface area contributed by atoms with Gasteiger partial charge in [-0.3, -0.25) is 0 Å². The molecule has 0 fully saturated rings. The molecule has 0 unspecified atom stereocenters. The van der Waals surface area contributed by atoms with Crippen LogP contribution in [0.2, 0.25) is 0 Å². The van der Waals surface area contributed by atoms with Gasteiger partial charge in [0.15, 0.2) is 0 Å². The number of nitrogens with zero attached hydrogens (tertiary/aromatic N) is 1. The Morgan fingerprint density at radius 3 is 1.31 bits per heavy atom. The van der Waals surface area contributed by atoms with Crippen LogP contribution >= 0.6 is 0 Å². The highest BCUT2D eigenvalue weighted by molar-refractivity contribution is 5.99. The van der Waals surface area contributed by atoms with Gasteiger partial charge in [-0.1, -0.05) is 127 Å². The number of hydrogen-bond donors (Lipinski definition) is 0. The van der Waals surface area contributed by atoms with E-state index in [-0.39, 0.29) is 0 Å². The molecule has 6 aromatic carbocycles. The third kappa shape index (κ3) is 4.45. The number of hydrogen-bond acceptors (Lipinski definition) is 0. The second kappa shape index (κ2) is 9.96. The molecule has 0 radical (unpaired) electrons. The van der Waals surface area contributed by atoms with Crippen molar-refractivity contribution in [1.82, 2.24) is 4.57 Å². The SMILES string of the molecule is c1ccc(-c2cc(-c3ccccc3)cc(-n3cc(-c4ccccc4)c4cc(-c5ccccc5)ccc43)c2)cc1. The van der Waals surface area contributed by atoms with Crippen LogP contribution in [0.5, 0.6) is 0 Å². The van der Waals surface area contributed by atoms with E-state index in [0.29, 0.717) is 0 Å². The van der Waals surface area contributed by atoms with E-state index >= 15 is 0 Å². The van der Waals surface area contributed by atoms with Gasteiger partial charge in [0.1, 0.15) is 0 Å². The molecule has 7 aromatic rings. The normalized spacial score (nSPS) is 11.1. The predicted molar refractivity (Wildman–Crippen MR) is 165 cm³/mol. The third-order valence-electron chi connectivity index (χ3n) is 7.41. The zero-order chi connectivity index (χ0) is 26.0. The maximum atomic E-state index is 2.35. The maximum absolute atomic E-state index is 2.35. The molecular formula is C38H27N. The Kier molecular flexibility index (Phi) is 5.88. The third-order valence-corrected chi connectivity index (χ3v) is 7.41. The molecule has 39 heavy (non-hydrogen) atoms. The van der Waals surface area contributed by atoms with Gasteiger partial charge in [0.25, 0.3) is 0 Å². The lowest BCUT2D eigenvalue weighted by Crippen LogP contribution is -1.94. The fourth-order valence-electron chi connectivity index (χ4n) is 5.45. The molecular weight excluding hydrogens is 470 g/mol. The highest BCUT2D eigenvalue weighted by atomic mass is 15.0. The summed E-state index contributed by atoms with van der Waals surface area (Å²) in [4.78, 5) is 0. The summed E-state index contributed by atoms with van der Waals surface area (Å²) in [6.45, 7) is 0. The van der Waals surface area contributed by atoms with E-state index in [1.54, 1.807) is 0 Å². The second-order valence-corrected chi connectivity index (χ2v) is 9.88. The number of aromatic nitrogens is 1. The molecule has 1 nitrogen and oxygen atoms in total. The summed E-state index contributed by atoms with van der Waals surface area (Å²) >= 11 is 0. The molecule has 0 bridgehead atoms. The van der Waals surface area contributed by atoms with Crippen molar-refractivity contribution in [1.29, 1.82) is 0 Å². The van der Waals surface area contributed by atoms with Gasteiger partial charge in [0, 0.05) is 22.8 Å². The molecule has 0 saturated carbocycles. The number of fused-ring (bicyclic) bond motifs is 1. The van der Waals surface area contributed by atoms with Crippen LogP contribution in [0, 0.1) is 0 Å². The quantitative estimate of drug-likeness (QED) is 0.223. The lowest BCUT2D eigenvalue weighted by Gasteiger charge is -2.13. The first-order valence-electron chi connectivity index (χ1n) is 13.4. The van der Waals surface area contributed by atoms with Crippen LogP contribution in [-0.4, -0.2) is 4.57 Å². The van der Waals surface area contributed by atoms with Gasteiger partial charge in [-0.25, -0.2) is 0 Å². The van der Waals surface area contributed by atoms with Crippen molar-refractivity contribution < 1.29 is 0 Å². The van der Waals surface area contributed by atoms with E-state index in [2.05, 4.69) is 168 Å². The first kappa shape index (κ1) is 23.0. The molecule has 0 amide bonds. The Bertz CT molecular complexity index is 1810. The fraction of sp³-hybridized carbons (Fsp3) is 0. The number of rotatable bonds is 5. The molecule has 1 heterocycles. The average Bonchev–Trinajstić information content (AvgIpc) is 3.42. The predicted octanol–water partition coefficient (Wildman–Crippen LogP) is 10.3.